The Hall–Kier alpha value is -2.04. The van der Waals surface area contributed by atoms with Crippen LogP contribution in [0.3, 0.4) is 0 Å². The van der Waals surface area contributed by atoms with E-state index in [-0.39, 0.29) is 11.9 Å². The van der Waals surface area contributed by atoms with Gasteiger partial charge in [-0.15, -0.1) is 0 Å². The minimum Gasteiger partial charge on any atom is -0.480 e. The van der Waals surface area contributed by atoms with E-state index in [1.165, 1.54) is 10.5 Å². The lowest BCUT2D eigenvalue weighted by molar-refractivity contribution is -0.139. The van der Waals surface area contributed by atoms with Gasteiger partial charge in [-0.2, -0.15) is 0 Å². The molecule has 20 heavy (non-hydrogen) atoms. The summed E-state index contributed by atoms with van der Waals surface area (Å²) < 4.78 is 0. The number of carboxylic acids is 1. The van der Waals surface area contributed by atoms with E-state index in [4.69, 9.17) is 5.11 Å². The summed E-state index contributed by atoms with van der Waals surface area (Å²) in [5.74, 6) is -0.886. The van der Waals surface area contributed by atoms with Crippen LogP contribution < -0.4 is 10.2 Å². The largest absolute Gasteiger partial charge is 0.480 e. The van der Waals surface area contributed by atoms with E-state index in [2.05, 4.69) is 12.2 Å². The lowest BCUT2D eigenvalue weighted by atomic mass is 10.1. The summed E-state index contributed by atoms with van der Waals surface area (Å²) in [6.45, 7) is 2.07. The molecule has 1 aliphatic carbocycles. The van der Waals surface area contributed by atoms with Crippen LogP contribution in [-0.4, -0.2) is 30.2 Å². The number of amides is 2. The molecule has 2 rings (SSSR count). The first kappa shape index (κ1) is 14.4. The molecule has 2 N–H and O–H groups in total. The molecule has 5 heteroatoms. The molecule has 1 unspecified atom stereocenters. The number of hydrogen-bond donors (Lipinski definition) is 2. The Labute approximate surface area is 118 Å². The van der Waals surface area contributed by atoms with Gasteiger partial charge >= 0.3 is 12.0 Å². The Kier molecular flexibility index (Phi) is 4.27. The number of rotatable bonds is 5. The number of aryl methyl sites for hydroxylation is 1. The monoisotopic (exact) mass is 276 g/mol. The van der Waals surface area contributed by atoms with Crippen LogP contribution in [0.2, 0.25) is 0 Å². The van der Waals surface area contributed by atoms with E-state index in [1.54, 1.807) is 7.05 Å². The molecule has 1 atom stereocenters. The normalized spacial score (nSPS) is 15.5. The summed E-state index contributed by atoms with van der Waals surface area (Å²) in [6, 6.07) is 6.51. The van der Waals surface area contributed by atoms with E-state index < -0.39 is 12.0 Å². The number of benzene rings is 1. The van der Waals surface area contributed by atoms with Crippen LogP contribution in [0, 0.1) is 5.92 Å². The van der Waals surface area contributed by atoms with E-state index >= 15 is 0 Å². The van der Waals surface area contributed by atoms with Crippen molar-refractivity contribution >= 4 is 17.7 Å². The molecular weight excluding hydrogens is 256 g/mol. The average Bonchev–Trinajstić information content (AvgIpc) is 3.28. The van der Waals surface area contributed by atoms with Gasteiger partial charge in [0, 0.05) is 12.7 Å². The van der Waals surface area contributed by atoms with Crippen molar-refractivity contribution in [1.29, 1.82) is 0 Å². The molecule has 1 aromatic rings. The second-order valence-electron chi connectivity index (χ2n) is 5.18. The second kappa shape index (κ2) is 5.94. The van der Waals surface area contributed by atoms with Crippen LogP contribution in [0.4, 0.5) is 10.5 Å². The molecule has 1 saturated carbocycles. The highest BCUT2D eigenvalue weighted by molar-refractivity contribution is 5.94. The lowest BCUT2D eigenvalue weighted by Crippen LogP contribution is -2.47. The zero-order chi connectivity index (χ0) is 14.7. The minimum atomic E-state index is -0.962. The van der Waals surface area contributed by atoms with Crippen LogP contribution in [0.25, 0.3) is 0 Å². The first-order chi connectivity index (χ1) is 9.52. The summed E-state index contributed by atoms with van der Waals surface area (Å²) in [5, 5.41) is 11.7. The number of carboxylic acid groups (broad SMARTS) is 1. The maximum Gasteiger partial charge on any atom is 0.326 e. The van der Waals surface area contributed by atoms with Crippen molar-refractivity contribution < 1.29 is 14.7 Å². The van der Waals surface area contributed by atoms with Crippen LogP contribution in [-0.2, 0) is 11.2 Å². The number of carbonyl (C=O) groups is 2. The number of nitrogens with one attached hydrogen (secondary N) is 1. The molecule has 5 nitrogen and oxygen atoms in total. The molecule has 0 aromatic heterocycles. The molecule has 108 valence electrons. The van der Waals surface area contributed by atoms with Gasteiger partial charge in [0.25, 0.3) is 0 Å². The molecule has 1 aliphatic rings. The maximum atomic E-state index is 12.1. The highest BCUT2D eigenvalue weighted by atomic mass is 16.4. The third-order valence-electron chi connectivity index (χ3n) is 3.67. The molecule has 1 fully saturated rings. The molecular formula is C15H20N2O3. The summed E-state index contributed by atoms with van der Waals surface area (Å²) in [5.41, 5.74) is 1.95. The highest BCUT2D eigenvalue weighted by Crippen LogP contribution is 2.32. The van der Waals surface area contributed by atoms with E-state index in [0.717, 1.165) is 24.9 Å². The first-order valence-electron chi connectivity index (χ1n) is 6.89. The molecule has 0 bridgehead atoms. The Morgan fingerprint density at radius 1 is 1.35 bits per heavy atom. The van der Waals surface area contributed by atoms with Crippen molar-refractivity contribution in [2.24, 2.45) is 5.92 Å². The van der Waals surface area contributed by atoms with Crippen molar-refractivity contribution in [2.45, 2.75) is 32.2 Å². The van der Waals surface area contributed by atoms with Gasteiger partial charge in [0.15, 0.2) is 0 Å². The van der Waals surface area contributed by atoms with Gasteiger partial charge in [0.2, 0.25) is 0 Å². The van der Waals surface area contributed by atoms with Crippen LogP contribution in [0.5, 0.6) is 0 Å². The number of carbonyl (C=O) groups excluding carboxylic acids is 1. The van der Waals surface area contributed by atoms with Crippen molar-refractivity contribution in [3.05, 3.63) is 29.8 Å². The van der Waals surface area contributed by atoms with Crippen LogP contribution in [0.15, 0.2) is 24.3 Å². The summed E-state index contributed by atoms with van der Waals surface area (Å²) in [7, 11) is 1.64. The molecule has 0 radical (unpaired) electrons. The smallest absolute Gasteiger partial charge is 0.326 e. The Balaban J connectivity index is 2.01. The van der Waals surface area contributed by atoms with E-state index in [1.807, 2.05) is 24.3 Å². The third-order valence-corrected chi connectivity index (χ3v) is 3.67. The van der Waals surface area contributed by atoms with Gasteiger partial charge in [-0.3, -0.25) is 4.90 Å². The predicted molar refractivity (Wildman–Crippen MR) is 76.9 cm³/mol. The van der Waals surface area contributed by atoms with Gasteiger partial charge in [-0.25, -0.2) is 9.59 Å². The fourth-order valence-electron chi connectivity index (χ4n) is 2.11. The van der Waals surface area contributed by atoms with Gasteiger partial charge in [0.1, 0.15) is 6.04 Å². The maximum absolute atomic E-state index is 12.1. The molecule has 2 amide bonds. The number of nitrogens with zero attached hydrogens (tertiary/aromatic N) is 1. The Bertz CT molecular complexity index is 494. The van der Waals surface area contributed by atoms with Crippen molar-refractivity contribution in [3.63, 3.8) is 0 Å². The zero-order valence-corrected chi connectivity index (χ0v) is 11.8. The fraction of sp³-hybridized carbons (Fsp3) is 0.467. The Morgan fingerprint density at radius 3 is 2.40 bits per heavy atom. The van der Waals surface area contributed by atoms with Crippen molar-refractivity contribution in [3.8, 4) is 0 Å². The number of anilines is 1. The van der Waals surface area contributed by atoms with Crippen molar-refractivity contribution in [1.82, 2.24) is 5.32 Å². The SMILES string of the molecule is CCc1ccc(N(C)C(=O)NC(C(=O)O)C2CC2)cc1. The highest BCUT2D eigenvalue weighted by Gasteiger charge is 2.37. The topological polar surface area (TPSA) is 69.6 Å². The first-order valence-corrected chi connectivity index (χ1v) is 6.89. The lowest BCUT2D eigenvalue weighted by Gasteiger charge is -2.21. The van der Waals surface area contributed by atoms with Gasteiger partial charge in [0.05, 0.1) is 0 Å². The van der Waals surface area contributed by atoms with E-state index in [9.17, 15) is 9.59 Å². The van der Waals surface area contributed by atoms with Crippen LogP contribution in [0.1, 0.15) is 25.3 Å². The fourth-order valence-corrected chi connectivity index (χ4v) is 2.11. The predicted octanol–water partition coefficient (Wildman–Crippen LogP) is 2.26. The second-order valence-corrected chi connectivity index (χ2v) is 5.18. The third kappa shape index (κ3) is 3.29. The summed E-state index contributed by atoms with van der Waals surface area (Å²) in [4.78, 5) is 24.7. The standard InChI is InChI=1S/C15H20N2O3/c1-3-10-4-8-12(9-5-10)17(2)15(20)16-13(14(18)19)11-6-7-11/h4-5,8-9,11,13H,3,6-7H2,1-2H3,(H,16,20)(H,18,19). The van der Waals surface area contributed by atoms with E-state index in [0.29, 0.717) is 0 Å². The summed E-state index contributed by atoms with van der Waals surface area (Å²) in [6.07, 6.45) is 2.68. The number of urea groups is 1. The number of hydrogen-bond acceptors (Lipinski definition) is 2. The molecule has 0 heterocycles. The van der Waals surface area contributed by atoms with Crippen LogP contribution >= 0.6 is 0 Å². The minimum absolute atomic E-state index is 0.0762. The molecule has 1 aromatic carbocycles. The molecule has 0 spiro atoms. The summed E-state index contributed by atoms with van der Waals surface area (Å²) >= 11 is 0. The van der Waals surface area contributed by atoms with Crippen molar-refractivity contribution in [2.75, 3.05) is 11.9 Å². The Morgan fingerprint density at radius 2 is 1.95 bits per heavy atom. The molecule has 0 aliphatic heterocycles. The van der Waals surface area contributed by atoms with Gasteiger partial charge < -0.3 is 10.4 Å². The average molecular weight is 276 g/mol. The van der Waals surface area contributed by atoms with Gasteiger partial charge in [-0.1, -0.05) is 19.1 Å². The number of aliphatic carboxylic acids is 1. The van der Waals surface area contributed by atoms with Gasteiger partial charge in [-0.05, 0) is 42.9 Å². The molecule has 0 saturated heterocycles. The zero-order valence-electron chi connectivity index (χ0n) is 11.8. The quantitative estimate of drug-likeness (QED) is 0.866.